The van der Waals surface area contributed by atoms with E-state index in [1.54, 1.807) is 18.9 Å². The highest BCUT2D eigenvalue weighted by molar-refractivity contribution is 5.97. The number of carbonyl (C=O) groups is 1. The minimum atomic E-state index is -0.544. The number of aromatic nitrogens is 2. The topological polar surface area (TPSA) is 84.4 Å². The average Bonchev–Trinajstić information content (AvgIpc) is 2.98. The Labute approximate surface area is 109 Å². The summed E-state index contributed by atoms with van der Waals surface area (Å²) in [6.07, 6.45) is 3.49. The van der Waals surface area contributed by atoms with Crippen LogP contribution in [0.2, 0.25) is 0 Å². The molecule has 1 unspecified atom stereocenters. The van der Waals surface area contributed by atoms with Crippen LogP contribution >= 0.6 is 0 Å². The SMILES string of the molecule is CNC1C(=O)N(c2coc(C)n2)CCc2ncoc21. The molecule has 19 heavy (non-hydrogen) atoms. The lowest BCUT2D eigenvalue weighted by atomic mass is 10.1. The summed E-state index contributed by atoms with van der Waals surface area (Å²) in [7, 11) is 1.71. The van der Waals surface area contributed by atoms with Crippen molar-refractivity contribution >= 4 is 11.7 Å². The smallest absolute Gasteiger partial charge is 0.253 e. The van der Waals surface area contributed by atoms with Crippen LogP contribution in [-0.2, 0) is 11.2 Å². The molecule has 7 nitrogen and oxygen atoms in total. The van der Waals surface area contributed by atoms with E-state index in [-0.39, 0.29) is 5.91 Å². The molecule has 3 heterocycles. The third-order valence-corrected chi connectivity index (χ3v) is 3.19. The number of fused-ring (bicyclic) bond motifs is 1. The molecule has 3 rings (SSSR count). The first-order valence-corrected chi connectivity index (χ1v) is 6.03. The van der Waals surface area contributed by atoms with Gasteiger partial charge in [0, 0.05) is 19.9 Å². The van der Waals surface area contributed by atoms with Gasteiger partial charge in [-0.15, -0.1) is 0 Å². The number of anilines is 1. The first kappa shape index (κ1) is 11.9. The van der Waals surface area contributed by atoms with Gasteiger partial charge in [0.15, 0.2) is 23.9 Å². The van der Waals surface area contributed by atoms with Crippen molar-refractivity contribution < 1.29 is 13.6 Å². The highest BCUT2D eigenvalue weighted by Gasteiger charge is 2.34. The van der Waals surface area contributed by atoms with Crippen LogP contribution in [-0.4, -0.2) is 29.5 Å². The van der Waals surface area contributed by atoms with E-state index in [4.69, 9.17) is 8.83 Å². The zero-order valence-corrected chi connectivity index (χ0v) is 10.7. The van der Waals surface area contributed by atoms with Gasteiger partial charge in [-0.25, -0.2) is 4.98 Å². The van der Waals surface area contributed by atoms with Gasteiger partial charge in [-0.3, -0.25) is 9.69 Å². The van der Waals surface area contributed by atoms with Gasteiger partial charge in [-0.05, 0) is 7.05 Å². The molecule has 2 aromatic rings. The molecule has 7 heteroatoms. The van der Waals surface area contributed by atoms with E-state index >= 15 is 0 Å². The second-order valence-electron chi connectivity index (χ2n) is 4.35. The van der Waals surface area contributed by atoms with Gasteiger partial charge < -0.3 is 14.2 Å². The Morgan fingerprint density at radius 1 is 1.47 bits per heavy atom. The number of aryl methyl sites for hydroxylation is 1. The van der Waals surface area contributed by atoms with Gasteiger partial charge in [-0.2, -0.15) is 4.98 Å². The Morgan fingerprint density at radius 2 is 2.32 bits per heavy atom. The van der Waals surface area contributed by atoms with Crippen molar-refractivity contribution in [1.82, 2.24) is 15.3 Å². The predicted octanol–water partition coefficient (Wildman–Crippen LogP) is 0.821. The molecule has 0 saturated carbocycles. The molecule has 0 aliphatic carbocycles. The number of nitrogens with one attached hydrogen (secondary N) is 1. The van der Waals surface area contributed by atoms with Crippen LogP contribution in [0.1, 0.15) is 23.4 Å². The molecule has 0 spiro atoms. The number of oxazole rings is 2. The van der Waals surface area contributed by atoms with E-state index in [2.05, 4.69) is 15.3 Å². The second kappa shape index (κ2) is 4.51. The summed E-state index contributed by atoms with van der Waals surface area (Å²) in [6, 6.07) is -0.544. The van der Waals surface area contributed by atoms with Crippen LogP contribution in [0.3, 0.4) is 0 Å². The van der Waals surface area contributed by atoms with E-state index in [1.807, 2.05) is 0 Å². The van der Waals surface area contributed by atoms with Crippen molar-refractivity contribution in [2.45, 2.75) is 19.4 Å². The van der Waals surface area contributed by atoms with Crippen molar-refractivity contribution in [2.24, 2.45) is 0 Å². The molecular formula is C12H14N4O3. The lowest BCUT2D eigenvalue weighted by molar-refractivity contribution is -0.120. The van der Waals surface area contributed by atoms with Gasteiger partial charge in [-0.1, -0.05) is 0 Å². The number of hydrogen-bond donors (Lipinski definition) is 1. The minimum absolute atomic E-state index is 0.119. The van der Waals surface area contributed by atoms with E-state index in [0.717, 1.165) is 5.69 Å². The van der Waals surface area contributed by atoms with Crippen LogP contribution < -0.4 is 10.2 Å². The van der Waals surface area contributed by atoms with Crippen LogP contribution in [0.4, 0.5) is 5.82 Å². The molecular weight excluding hydrogens is 248 g/mol. The minimum Gasteiger partial charge on any atom is -0.447 e. The largest absolute Gasteiger partial charge is 0.447 e. The van der Waals surface area contributed by atoms with Crippen LogP contribution in [0.5, 0.6) is 0 Å². The number of rotatable bonds is 2. The first-order valence-electron chi connectivity index (χ1n) is 6.03. The summed E-state index contributed by atoms with van der Waals surface area (Å²) >= 11 is 0. The summed E-state index contributed by atoms with van der Waals surface area (Å²) < 4.78 is 10.5. The number of nitrogens with zero attached hydrogens (tertiary/aromatic N) is 3. The fourth-order valence-electron chi connectivity index (χ4n) is 2.25. The zero-order chi connectivity index (χ0) is 13.4. The Bertz CT molecular complexity index is 604. The highest BCUT2D eigenvalue weighted by atomic mass is 16.3. The second-order valence-corrected chi connectivity index (χ2v) is 4.35. The number of likely N-dealkylation sites (N-methyl/N-ethyl adjacent to an activating group) is 1. The summed E-state index contributed by atoms with van der Waals surface area (Å²) in [5, 5.41) is 2.96. The van der Waals surface area contributed by atoms with Gasteiger partial charge >= 0.3 is 0 Å². The van der Waals surface area contributed by atoms with Gasteiger partial charge in [0.1, 0.15) is 12.3 Å². The molecule has 1 aliphatic heterocycles. The summed E-state index contributed by atoms with van der Waals surface area (Å²) in [5.74, 6) is 1.51. The Hall–Kier alpha value is -2.15. The van der Waals surface area contributed by atoms with E-state index < -0.39 is 6.04 Å². The maximum atomic E-state index is 12.5. The summed E-state index contributed by atoms with van der Waals surface area (Å²) in [6.45, 7) is 2.25. The highest BCUT2D eigenvalue weighted by Crippen LogP contribution is 2.26. The van der Waals surface area contributed by atoms with Crippen LogP contribution in [0, 0.1) is 6.92 Å². The van der Waals surface area contributed by atoms with E-state index in [0.29, 0.717) is 30.4 Å². The fraction of sp³-hybridized carbons (Fsp3) is 0.417. The van der Waals surface area contributed by atoms with Gasteiger partial charge in [0.2, 0.25) is 0 Å². The third-order valence-electron chi connectivity index (χ3n) is 3.19. The molecule has 0 saturated heterocycles. The van der Waals surface area contributed by atoms with Crippen molar-refractivity contribution in [3.8, 4) is 0 Å². The maximum absolute atomic E-state index is 12.5. The molecule has 0 bridgehead atoms. The lowest BCUT2D eigenvalue weighted by Crippen LogP contribution is -2.39. The van der Waals surface area contributed by atoms with Crippen molar-refractivity contribution in [2.75, 3.05) is 18.5 Å². The van der Waals surface area contributed by atoms with E-state index in [9.17, 15) is 4.79 Å². The number of hydrogen-bond acceptors (Lipinski definition) is 6. The molecule has 100 valence electrons. The zero-order valence-electron chi connectivity index (χ0n) is 10.7. The normalized spacial score (nSPS) is 19.4. The molecule has 0 fully saturated rings. The monoisotopic (exact) mass is 262 g/mol. The Balaban J connectivity index is 1.98. The van der Waals surface area contributed by atoms with Crippen LogP contribution in [0.25, 0.3) is 0 Å². The maximum Gasteiger partial charge on any atom is 0.253 e. The standard InChI is InChI=1S/C12H14N4O3/c1-7-15-9(5-18-7)16-4-3-8-11(19-6-14-8)10(13-2)12(16)17/h5-6,10,13H,3-4H2,1-2H3. The first-order chi connectivity index (χ1) is 9.20. The van der Waals surface area contributed by atoms with Crippen LogP contribution in [0.15, 0.2) is 21.5 Å². The average molecular weight is 262 g/mol. The number of carbonyl (C=O) groups excluding carboxylic acids is 1. The molecule has 1 aliphatic rings. The third kappa shape index (κ3) is 1.91. The van der Waals surface area contributed by atoms with E-state index in [1.165, 1.54) is 12.7 Å². The van der Waals surface area contributed by atoms with Crippen molar-refractivity contribution in [3.63, 3.8) is 0 Å². The molecule has 1 amide bonds. The summed E-state index contributed by atoms with van der Waals surface area (Å²) in [5.41, 5.74) is 0.801. The predicted molar refractivity (Wildman–Crippen MR) is 65.6 cm³/mol. The van der Waals surface area contributed by atoms with Crippen molar-refractivity contribution in [1.29, 1.82) is 0 Å². The van der Waals surface area contributed by atoms with Crippen molar-refractivity contribution in [3.05, 3.63) is 30.0 Å². The molecule has 1 N–H and O–H groups in total. The Kier molecular flexibility index (Phi) is 2.83. The molecule has 0 radical (unpaired) electrons. The quantitative estimate of drug-likeness (QED) is 0.862. The summed E-state index contributed by atoms with van der Waals surface area (Å²) in [4.78, 5) is 22.5. The number of amides is 1. The molecule has 2 aromatic heterocycles. The van der Waals surface area contributed by atoms with Gasteiger partial charge in [0.05, 0.1) is 5.69 Å². The lowest BCUT2D eigenvalue weighted by Gasteiger charge is -2.20. The molecule has 0 aromatic carbocycles. The fourth-order valence-corrected chi connectivity index (χ4v) is 2.25. The molecule has 1 atom stereocenters. The van der Waals surface area contributed by atoms with Gasteiger partial charge in [0.25, 0.3) is 5.91 Å². The Morgan fingerprint density at radius 3 is 3.00 bits per heavy atom.